The zero-order valence-corrected chi connectivity index (χ0v) is 10.0. The SMILES string of the molecule is Nc1cccc(-n2[nH]n[nH+]c2=S)c1.[I-]. The van der Waals surface area contributed by atoms with E-state index >= 15 is 0 Å². The molecule has 0 aliphatic rings. The van der Waals surface area contributed by atoms with Gasteiger partial charge in [0.15, 0.2) is 0 Å². The van der Waals surface area contributed by atoms with E-state index in [1.165, 1.54) is 0 Å². The number of halogens is 1. The van der Waals surface area contributed by atoms with Crippen LogP contribution in [0.3, 0.4) is 0 Å². The van der Waals surface area contributed by atoms with Crippen molar-refractivity contribution in [3.8, 4) is 5.69 Å². The maximum atomic E-state index is 5.62. The van der Waals surface area contributed by atoms with Crippen molar-refractivity contribution in [1.82, 2.24) is 15.1 Å². The van der Waals surface area contributed by atoms with Gasteiger partial charge in [-0.05, 0) is 12.1 Å². The van der Waals surface area contributed by atoms with Crippen molar-refractivity contribution in [3.05, 3.63) is 29.0 Å². The van der Waals surface area contributed by atoms with Crippen LogP contribution in [0.25, 0.3) is 5.69 Å². The van der Waals surface area contributed by atoms with Gasteiger partial charge in [-0.3, -0.25) is 0 Å². The number of aromatic amines is 2. The van der Waals surface area contributed by atoms with Crippen molar-refractivity contribution in [2.45, 2.75) is 0 Å². The Hall–Kier alpha value is -0.960. The van der Waals surface area contributed by atoms with E-state index in [4.69, 9.17) is 18.0 Å². The van der Waals surface area contributed by atoms with Crippen LogP contribution >= 0.6 is 12.2 Å². The van der Waals surface area contributed by atoms with E-state index in [2.05, 4.69) is 15.5 Å². The van der Waals surface area contributed by atoms with Gasteiger partial charge < -0.3 is 29.7 Å². The molecule has 0 saturated heterocycles. The van der Waals surface area contributed by atoms with Gasteiger partial charge in [-0.25, -0.2) is 0 Å². The van der Waals surface area contributed by atoms with Crippen molar-refractivity contribution >= 4 is 17.9 Å². The standard InChI is InChI=1S/C7H7N5S.HI/c8-5-2-1-3-6(4-5)12-7(13)9-10-11-12;/h1-4H,8H2,(H,9,11,13);1H. The van der Waals surface area contributed by atoms with Crippen LogP contribution in [0, 0.1) is 4.77 Å². The van der Waals surface area contributed by atoms with E-state index in [-0.39, 0.29) is 24.0 Å². The predicted octanol–water partition coefficient (Wildman–Crippen LogP) is -2.67. The first-order chi connectivity index (χ1) is 6.27. The van der Waals surface area contributed by atoms with Crippen molar-refractivity contribution in [2.75, 3.05) is 5.73 Å². The highest BCUT2D eigenvalue weighted by Gasteiger charge is 2.05. The molecule has 0 fully saturated rings. The van der Waals surface area contributed by atoms with Gasteiger partial charge in [0.2, 0.25) is 0 Å². The molecule has 5 nitrogen and oxygen atoms in total. The molecule has 0 saturated carbocycles. The minimum absolute atomic E-state index is 0. The maximum Gasteiger partial charge on any atom is 0.349 e. The fourth-order valence-electron chi connectivity index (χ4n) is 1.06. The van der Waals surface area contributed by atoms with Crippen LogP contribution in [-0.4, -0.2) is 15.1 Å². The van der Waals surface area contributed by atoms with Crippen molar-refractivity contribution < 1.29 is 29.1 Å². The Bertz CT molecular complexity index is 477. The van der Waals surface area contributed by atoms with Gasteiger partial charge in [0.05, 0.1) is 5.21 Å². The third kappa shape index (κ3) is 2.10. The molecule has 2 rings (SSSR count). The van der Waals surface area contributed by atoms with Gasteiger partial charge in [-0.1, -0.05) is 16.0 Å². The lowest BCUT2D eigenvalue weighted by molar-refractivity contribution is -0.464. The van der Waals surface area contributed by atoms with Gasteiger partial charge >= 0.3 is 4.77 Å². The molecular weight excluding hydrogens is 313 g/mol. The zero-order valence-electron chi connectivity index (χ0n) is 7.07. The smallest absolute Gasteiger partial charge is 0.349 e. The van der Waals surface area contributed by atoms with Gasteiger partial charge in [0.25, 0.3) is 0 Å². The number of hydrogen-bond donors (Lipinski definition) is 2. The molecule has 0 aliphatic carbocycles. The highest BCUT2D eigenvalue weighted by molar-refractivity contribution is 7.71. The Labute approximate surface area is 102 Å². The van der Waals surface area contributed by atoms with Gasteiger partial charge in [0, 0.05) is 24.0 Å². The minimum Gasteiger partial charge on any atom is -1.00 e. The summed E-state index contributed by atoms with van der Waals surface area (Å²) >= 11 is 4.98. The molecule has 1 aromatic carbocycles. The topological polar surface area (TPSA) is 73.8 Å². The summed E-state index contributed by atoms with van der Waals surface area (Å²) in [5, 5.41) is 9.01. The lowest BCUT2D eigenvalue weighted by Gasteiger charge is -1.94. The lowest BCUT2D eigenvalue weighted by Crippen LogP contribution is -3.00. The lowest BCUT2D eigenvalue weighted by atomic mass is 10.3. The van der Waals surface area contributed by atoms with Crippen LogP contribution in [0.4, 0.5) is 5.69 Å². The molecule has 0 spiro atoms. The highest BCUT2D eigenvalue weighted by Crippen LogP contribution is 2.09. The molecule has 0 amide bonds. The third-order valence-electron chi connectivity index (χ3n) is 1.63. The summed E-state index contributed by atoms with van der Waals surface area (Å²) in [6.45, 7) is 0. The summed E-state index contributed by atoms with van der Waals surface area (Å²) < 4.78 is 2.14. The van der Waals surface area contributed by atoms with Gasteiger partial charge in [-0.15, -0.1) is 5.10 Å². The average Bonchev–Trinajstić information content (AvgIpc) is 2.51. The average molecular weight is 321 g/mol. The molecule has 2 aromatic rings. The fourth-order valence-corrected chi connectivity index (χ4v) is 1.25. The highest BCUT2D eigenvalue weighted by atomic mass is 127. The van der Waals surface area contributed by atoms with Crippen molar-refractivity contribution in [2.24, 2.45) is 0 Å². The van der Waals surface area contributed by atoms with Crippen molar-refractivity contribution in [1.29, 1.82) is 0 Å². The predicted molar refractivity (Wildman–Crippen MR) is 49.7 cm³/mol. The first-order valence-electron chi connectivity index (χ1n) is 3.68. The van der Waals surface area contributed by atoms with Crippen LogP contribution in [-0.2, 0) is 0 Å². The molecule has 1 aromatic heterocycles. The Morgan fingerprint density at radius 3 is 2.86 bits per heavy atom. The van der Waals surface area contributed by atoms with E-state index in [0.29, 0.717) is 10.5 Å². The van der Waals surface area contributed by atoms with Gasteiger partial charge in [0.1, 0.15) is 5.69 Å². The largest absolute Gasteiger partial charge is 1.00 e. The number of nitrogens with one attached hydrogen (secondary N) is 2. The second kappa shape index (κ2) is 4.51. The Kier molecular flexibility index (Phi) is 3.58. The third-order valence-corrected chi connectivity index (χ3v) is 1.91. The normalized spacial score (nSPS) is 9.43. The summed E-state index contributed by atoms with van der Waals surface area (Å²) in [6, 6.07) is 7.36. The second-order valence-corrected chi connectivity index (χ2v) is 2.95. The quantitative estimate of drug-likeness (QED) is 0.342. The minimum atomic E-state index is 0. The summed E-state index contributed by atoms with van der Waals surface area (Å²) in [5.41, 5.74) is 7.17. The number of aromatic nitrogens is 4. The van der Waals surface area contributed by atoms with E-state index in [1.807, 2.05) is 24.3 Å². The number of nitrogens with zero attached hydrogens (tertiary/aromatic N) is 2. The maximum absolute atomic E-state index is 5.62. The van der Waals surface area contributed by atoms with Crippen LogP contribution in [0.5, 0.6) is 0 Å². The van der Waals surface area contributed by atoms with E-state index in [0.717, 1.165) is 5.69 Å². The Morgan fingerprint density at radius 2 is 2.29 bits per heavy atom. The number of hydrogen-bond acceptors (Lipinski definition) is 3. The Balaban J connectivity index is 0.000000980. The van der Waals surface area contributed by atoms with Crippen LogP contribution in [0.2, 0.25) is 0 Å². The molecule has 74 valence electrons. The van der Waals surface area contributed by atoms with Crippen LogP contribution in [0.1, 0.15) is 0 Å². The second-order valence-electron chi connectivity index (χ2n) is 2.56. The number of nitrogen functional groups attached to an aromatic ring is 1. The van der Waals surface area contributed by atoms with Crippen LogP contribution in [0.15, 0.2) is 24.3 Å². The fraction of sp³-hybridized carbons (Fsp3) is 0. The number of rotatable bonds is 1. The monoisotopic (exact) mass is 321 g/mol. The van der Waals surface area contributed by atoms with Crippen LogP contribution < -0.4 is 34.8 Å². The van der Waals surface area contributed by atoms with E-state index < -0.39 is 0 Å². The first-order valence-corrected chi connectivity index (χ1v) is 4.09. The molecule has 0 bridgehead atoms. The first kappa shape index (κ1) is 11.1. The van der Waals surface area contributed by atoms with E-state index in [1.54, 1.807) is 4.68 Å². The molecular formula is C7H8IN5S. The summed E-state index contributed by atoms with van der Waals surface area (Å²) in [7, 11) is 0. The zero-order chi connectivity index (χ0) is 9.26. The summed E-state index contributed by atoms with van der Waals surface area (Å²) in [5.74, 6) is 0. The molecule has 0 radical (unpaired) electrons. The number of benzene rings is 1. The molecule has 1 heterocycles. The number of anilines is 1. The molecule has 0 unspecified atom stereocenters. The van der Waals surface area contributed by atoms with E-state index in [9.17, 15) is 0 Å². The summed E-state index contributed by atoms with van der Waals surface area (Å²) in [6.07, 6.45) is 0. The molecule has 4 N–H and O–H groups in total. The number of H-pyrrole nitrogens is 2. The molecule has 0 atom stereocenters. The Morgan fingerprint density at radius 1 is 1.50 bits per heavy atom. The molecule has 7 heteroatoms. The summed E-state index contributed by atoms with van der Waals surface area (Å²) in [4.78, 5) is 0. The van der Waals surface area contributed by atoms with Gasteiger partial charge in [-0.2, -0.15) is 0 Å². The number of tetrazole rings is 1. The molecule has 0 aliphatic heterocycles. The van der Waals surface area contributed by atoms with Crippen molar-refractivity contribution in [3.63, 3.8) is 0 Å². The molecule has 14 heavy (non-hydrogen) atoms. The number of nitrogens with two attached hydrogens (primary N) is 1.